The minimum atomic E-state index is 0.483. The summed E-state index contributed by atoms with van der Waals surface area (Å²) in [6.07, 6.45) is 1.55. The molecule has 0 aliphatic heterocycles. The van der Waals surface area contributed by atoms with Crippen LogP contribution in [0.25, 0.3) is 44.2 Å². The van der Waals surface area contributed by atoms with E-state index >= 15 is 0 Å². The molecular formula is C19H10BrN3O2S. The van der Waals surface area contributed by atoms with E-state index in [1.54, 1.807) is 17.6 Å². The van der Waals surface area contributed by atoms with Crippen molar-refractivity contribution < 1.29 is 9.05 Å². The number of hydrogen-bond acceptors (Lipinski definition) is 6. The second-order valence-electron chi connectivity index (χ2n) is 5.68. The van der Waals surface area contributed by atoms with Gasteiger partial charge >= 0.3 is 0 Å². The highest BCUT2D eigenvalue weighted by Gasteiger charge is 2.13. The van der Waals surface area contributed by atoms with Gasteiger partial charge in [0.15, 0.2) is 0 Å². The maximum Gasteiger partial charge on any atom is 0.258 e. The van der Waals surface area contributed by atoms with Crippen molar-refractivity contribution in [3.8, 4) is 34.1 Å². The fourth-order valence-electron chi connectivity index (χ4n) is 2.74. The average molecular weight is 424 g/mol. The Morgan fingerprint density at radius 3 is 2.50 bits per heavy atom. The molecular weight excluding hydrogens is 414 g/mol. The Morgan fingerprint density at radius 2 is 1.69 bits per heavy atom. The zero-order valence-corrected chi connectivity index (χ0v) is 15.6. The van der Waals surface area contributed by atoms with Gasteiger partial charge in [-0.05, 0) is 46.3 Å². The summed E-state index contributed by atoms with van der Waals surface area (Å²) in [5.41, 5.74) is 3.53. The van der Waals surface area contributed by atoms with Crippen LogP contribution in [0, 0.1) is 0 Å². The summed E-state index contributed by atoms with van der Waals surface area (Å²) in [6, 6.07) is 15.7. The smallest absolute Gasteiger partial charge is 0.258 e. The Bertz CT molecular complexity index is 1190. The molecule has 26 heavy (non-hydrogen) atoms. The van der Waals surface area contributed by atoms with E-state index in [2.05, 4.69) is 48.7 Å². The highest BCUT2D eigenvalue weighted by Crippen LogP contribution is 2.33. The lowest BCUT2D eigenvalue weighted by Crippen LogP contribution is -1.82. The van der Waals surface area contributed by atoms with E-state index in [-0.39, 0.29) is 0 Å². The van der Waals surface area contributed by atoms with Crippen molar-refractivity contribution in [3.63, 3.8) is 0 Å². The van der Waals surface area contributed by atoms with Gasteiger partial charge in [-0.1, -0.05) is 22.4 Å². The van der Waals surface area contributed by atoms with Gasteiger partial charge in [-0.15, -0.1) is 11.3 Å². The number of aromatic nitrogens is 3. The summed E-state index contributed by atoms with van der Waals surface area (Å²) in [5.74, 6) is 1.05. The van der Waals surface area contributed by atoms with Crippen LogP contribution in [0.2, 0.25) is 0 Å². The van der Waals surface area contributed by atoms with Crippen molar-refractivity contribution in [2.24, 2.45) is 0 Å². The normalized spacial score (nSPS) is 11.3. The number of halogens is 1. The Morgan fingerprint density at radius 1 is 0.885 bits per heavy atom. The summed E-state index contributed by atoms with van der Waals surface area (Å²) in [4.78, 5) is 4.54. The van der Waals surface area contributed by atoms with E-state index in [9.17, 15) is 0 Å². The lowest BCUT2D eigenvalue weighted by atomic mass is 10.1. The Labute approximate surface area is 160 Å². The average Bonchev–Trinajstić information content (AvgIpc) is 3.43. The standard InChI is InChI=1S/C19H10BrN3O2S/c20-15-10-26-17-6-5-13(9-14(15)17)18-21-19(25-23-18)12-3-1-11(2-4-12)16-7-8-24-22-16/h1-10H. The lowest BCUT2D eigenvalue weighted by molar-refractivity contribution is 0.422. The first-order valence-corrected chi connectivity index (χ1v) is 9.47. The Hall–Kier alpha value is -2.77. The fourth-order valence-corrected chi connectivity index (χ4v) is 4.28. The quantitative estimate of drug-likeness (QED) is 0.354. The number of rotatable bonds is 3. The van der Waals surface area contributed by atoms with Crippen LogP contribution in [0.5, 0.6) is 0 Å². The number of hydrogen-bond donors (Lipinski definition) is 0. The minimum absolute atomic E-state index is 0.483. The molecule has 0 atom stereocenters. The van der Waals surface area contributed by atoms with Gasteiger partial charge in [0, 0.05) is 42.7 Å². The lowest BCUT2D eigenvalue weighted by Gasteiger charge is -1.97. The molecule has 3 aromatic heterocycles. The molecule has 0 amide bonds. The molecule has 0 unspecified atom stereocenters. The van der Waals surface area contributed by atoms with Crippen LogP contribution in [0.4, 0.5) is 0 Å². The molecule has 5 rings (SSSR count). The monoisotopic (exact) mass is 423 g/mol. The van der Waals surface area contributed by atoms with Crippen LogP contribution in [0.15, 0.2) is 73.7 Å². The van der Waals surface area contributed by atoms with Crippen LogP contribution in [0.3, 0.4) is 0 Å². The first kappa shape index (κ1) is 15.5. The highest BCUT2D eigenvalue weighted by atomic mass is 79.9. The summed E-state index contributed by atoms with van der Waals surface area (Å²) in [6.45, 7) is 0. The Balaban J connectivity index is 1.48. The molecule has 3 heterocycles. The van der Waals surface area contributed by atoms with Crippen LogP contribution >= 0.6 is 27.3 Å². The maximum atomic E-state index is 5.46. The van der Waals surface area contributed by atoms with E-state index in [0.717, 1.165) is 32.2 Å². The second-order valence-corrected chi connectivity index (χ2v) is 7.45. The van der Waals surface area contributed by atoms with Crippen LogP contribution in [-0.2, 0) is 0 Å². The van der Waals surface area contributed by atoms with Crippen molar-refractivity contribution in [3.05, 3.63) is 64.6 Å². The van der Waals surface area contributed by atoms with Crippen LogP contribution in [0.1, 0.15) is 0 Å². The third kappa shape index (κ3) is 2.65. The third-order valence-corrected chi connectivity index (χ3v) is 6.00. The topological polar surface area (TPSA) is 65.0 Å². The van der Waals surface area contributed by atoms with Crippen molar-refractivity contribution in [2.45, 2.75) is 0 Å². The predicted molar refractivity (Wildman–Crippen MR) is 104 cm³/mol. The summed E-state index contributed by atoms with van der Waals surface area (Å²) >= 11 is 5.27. The molecule has 0 N–H and O–H groups in total. The molecule has 5 nitrogen and oxygen atoms in total. The van der Waals surface area contributed by atoms with Crippen molar-refractivity contribution >= 4 is 37.4 Å². The molecule has 0 aliphatic carbocycles. The molecule has 0 bridgehead atoms. The first-order chi connectivity index (χ1) is 12.8. The molecule has 7 heteroatoms. The van der Waals surface area contributed by atoms with Gasteiger partial charge in [-0.25, -0.2) is 0 Å². The van der Waals surface area contributed by atoms with Crippen molar-refractivity contribution in [2.75, 3.05) is 0 Å². The number of benzene rings is 2. The maximum absolute atomic E-state index is 5.46. The zero-order valence-electron chi connectivity index (χ0n) is 13.2. The summed E-state index contributed by atoms with van der Waals surface area (Å²) in [5, 5.41) is 11.3. The first-order valence-electron chi connectivity index (χ1n) is 7.80. The van der Waals surface area contributed by atoms with Gasteiger partial charge in [0.25, 0.3) is 5.89 Å². The number of nitrogens with zero attached hydrogens (tertiary/aromatic N) is 3. The molecule has 0 spiro atoms. The molecule has 0 fully saturated rings. The summed E-state index contributed by atoms with van der Waals surface area (Å²) < 4.78 is 12.6. The largest absolute Gasteiger partial charge is 0.364 e. The molecule has 0 radical (unpaired) electrons. The van der Waals surface area contributed by atoms with E-state index < -0.39 is 0 Å². The number of fused-ring (bicyclic) bond motifs is 1. The third-order valence-electron chi connectivity index (χ3n) is 4.08. The van der Waals surface area contributed by atoms with Gasteiger partial charge in [-0.2, -0.15) is 4.98 Å². The molecule has 0 saturated carbocycles. The molecule has 0 saturated heterocycles. The molecule has 5 aromatic rings. The van der Waals surface area contributed by atoms with Crippen LogP contribution < -0.4 is 0 Å². The molecule has 126 valence electrons. The fraction of sp³-hybridized carbons (Fsp3) is 0. The van der Waals surface area contributed by atoms with Gasteiger partial charge in [0.2, 0.25) is 5.82 Å². The molecule has 0 aliphatic rings. The van der Waals surface area contributed by atoms with Gasteiger partial charge in [-0.3, -0.25) is 0 Å². The Kier molecular flexibility index (Phi) is 3.69. The van der Waals surface area contributed by atoms with Gasteiger partial charge < -0.3 is 9.05 Å². The van der Waals surface area contributed by atoms with E-state index in [0.29, 0.717) is 11.7 Å². The van der Waals surface area contributed by atoms with E-state index in [1.807, 2.05) is 36.4 Å². The predicted octanol–water partition coefficient (Wildman–Crippen LogP) is 6.04. The number of thiophene rings is 1. The second kappa shape index (κ2) is 6.19. The minimum Gasteiger partial charge on any atom is -0.364 e. The molecule has 2 aromatic carbocycles. The summed E-state index contributed by atoms with van der Waals surface area (Å²) in [7, 11) is 0. The van der Waals surface area contributed by atoms with Crippen molar-refractivity contribution in [1.82, 2.24) is 15.3 Å². The van der Waals surface area contributed by atoms with Gasteiger partial charge in [0.1, 0.15) is 12.0 Å². The van der Waals surface area contributed by atoms with Gasteiger partial charge in [0.05, 0.1) is 0 Å². The zero-order chi connectivity index (χ0) is 17.5. The van der Waals surface area contributed by atoms with Crippen LogP contribution in [-0.4, -0.2) is 15.3 Å². The SMILES string of the molecule is Brc1csc2ccc(-c3noc(-c4ccc(-c5ccon5)cc4)n3)cc12. The highest BCUT2D eigenvalue weighted by molar-refractivity contribution is 9.10. The van der Waals surface area contributed by atoms with E-state index in [1.165, 1.54) is 4.70 Å². The van der Waals surface area contributed by atoms with E-state index in [4.69, 9.17) is 9.05 Å². The van der Waals surface area contributed by atoms with Crippen molar-refractivity contribution in [1.29, 1.82) is 0 Å².